The van der Waals surface area contributed by atoms with Crippen LogP contribution >= 0.6 is 0 Å². The molecule has 1 aliphatic heterocycles. The molecule has 1 heterocycles. The first-order chi connectivity index (χ1) is 8.59. The third kappa shape index (κ3) is 2.72. The van der Waals surface area contributed by atoms with Gasteiger partial charge in [-0.2, -0.15) is 0 Å². The number of fused-ring (bicyclic) bond motifs is 3. The van der Waals surface area contributed by atoms with Crippen LogP contribution in [0.1, 0.15) is 39.5 Å². The van der Waals surface area contributed by atoms with Crippen LogP contribution in [0.4, 0.5) is 8.78 Å². The maximum Gasteiger partial charge on any atom is 0.129 e. The first-order valence-corrected chi connectivity index (χ1v) is 7.49. The second kappa shape index (κ2) is 6.67. The van der Waals surface area contributed by atoms with Crippen molar-refractivity contribution in [1.29, 1.82) is 0 Å². The summed E-state index contributed by atoms with van der Waals surface area (Å²) in [5, 5.41) is 0. The Bertz CT molecular complexity index is 285. The normalized spacial score (nSPS) is 51.0. The van der Waals surface area contributed by atoms with Gasteiger partial charge >= 0.3 is 0 Å². The second-order valence-corrected chi connectivity index (χ2v) is 6.79. The Morgan fingerprint density at radius 2 is 1.30 bits per heavy atom. The zero-order valence-corrected chi connectivity index (χ0v) is 12.3. The SMILES string of the molecule is CC1CCC2C(COC3C(F)C(C)CCC23)C1F.O.O. The van der Waals surface area contributed by atoms with E-state index in [-0.39, 0.29) is 40.7 Å². The van der Waals surface area contributed by atoms with Gasteiger partial charge in [-0.15, -0.1) is 0 Å². The summed E-state index contributed by atoms with van der Waals surface area (Å²) in [6, 6.07) is 0. The third-order valence-corrected chi connectivity index (χ3v) is 5.72. The molecule has 0 amide bonds. The van der Waals surface area contributed by atoms with E-state index >= 15 is 0 Å². The minimum Gasteiger partial charge on any atom is -0.412 e. The summed E-state index contributed by atoms with van der Waals surface area (Å²) < 4.78 is 34.2. The van der Waals surface area contributed by atoms with Gasteiger partial charge in [0.15, 0.2) is 0 Å². The van der Waals surface area contributed by atoms with Gasteiger partial charge in [0.2, 0.25) is 0 Å². The lowest BCUT2D eigenvalue weighted by Crippen LogP contribution is -2.55. The Labute approximate surface area is 119 Å². The summed E-state index contributed by atoms with van der Waals surface area (Å²) in [5.41, 5.74) is 0. The summed E-state index contributed by atoms with van der Waals surface area (Å²) in [4.78, 5) is 0. The number of hydrogen-bond donors (Lipinski definition) is 0. The highest BCUT2D eigenvalue weighted by atomic mass is 19.1. The number of hydrogen-bond acceptors (Lipinski definition) is 1. The first kappa shape index (κ1) is 17.8. The molecule has 0 bridgehead atoms. The van der Waals surface area contributed by atoms with Crippen molar-refractivity contribution in [2.24, 2.45) is 29.6 Å². The molecule has 120 valence electrons. The molecule has 2 aliphatic carbocycles. The van der Waals surface area contributed by atoms with Crippen LogP contribution in [0, 0.1) is 29.6 Å². The zero-order chi connectivity index (χ0) is 12.9. The summed E-state index contributed by atoms with van der Waals surface area (Å²) >= 11 is 0. The predicted molar refractivity (Wildman–Crippen MR) is 74.0 cm³/mol. The van der Waals surface area contributed by atoms with Crippen molar-refractivity contribution in [3.63, 3.8) is 0 Å². The van der Waals surface area contributed by atoms with E-state index in [2.05, 4.69) is 0 Å². The maximum atomic E-state index is 14.3. The molecule has 0 radical (unpaired) electrons. The first-order valence-electron chi connectivity index (χ1n) is 7.49. The van der Waals surface area contributed by atoms with E-state index in [0.29, 0.717) is 12.5 Å². The molecular formula is C15H28F2O3. The van der Waals surface area contributed by atoms with E-state index in [4.69, 9.17) is 4.74 Å². The van der Waals surface area contributed by atoms with Crippen LogP contribution in [0.5, 0.6) is 0 Å². The quantitative estimate of drug-likeness (QED) is 0.674. The van der Waals surface area contributed by atoms with E-state index < -0.39 is 12.3 Å². The zero-order valence-electron chi connectivity index (χ0n) is 12.3. The van der Waals surface area contributed by atoms with Crippen LogP contribution < -0.4 is 0 Å². The highest BCUT2D eigenvalue weighted by Gasteiger charge is 2.51. The largest absolute Gasteiger partial charge is 0.412 e. The standard InChI is InChI=1S/C15H24F2O.2H2O/c1-8-3-5-10-11-6-4-9(2)14(17)15(11)18-7-12(10)13(8)16;;/h8-15H,3-7H2,1-2H3;2*1H2. The lowest BCUT2D eigenvalue weighted by Gasteiger charge is -2.51. The fraction of sp³-hybridized carbons (Fsp3) is 1.00. The van der Waals surface area contributed by atoms with E-state index in [1.54, 1.807) is 0 Å². The van der Waals surface area contributed by atoms with Gasteiger partial charge in [-0.05, 0) is 49.4 Å². The van der Waals surface area contributed by atoms with Crippen molar-refractivity contribution in [3.8, 4) is 0 Å². The highest BCUT2D eigenvalue weighted by molar-refractivity contribution is 4.99. The molecule has 0 spiro atoms. The minimum atomic E-state index is -0.845. The number of ether oxygens (including phenoxy) is 1. The van der Waals surface area contributed by atoms with E-state index in [1.807, 2.05) is 13.8 Å². The van der Waals surface area contributed by atoms with Gasteiger partial charge in [0, 0.05) is 5.92 Å². The molecule has 8 unspecified atom stereocenters. The van der Waals surface area contributed by atoms with Crippen LogP contribution in [0.15, 0.2) is 0 Å². The van der Waals surface area contributed by atoms with Gasteiger partial charge in [-0.3, -0.25) is 0 Å². The molecule has 0 aromatic rings. The van der Waals surface area contributed by atoms with Crippen LogP contribution in [0.3, 0.4) is 0 Å². The average molecular weight is 294 g/mol. The predicted octanol–water partition coefficient (Wildman–Crippen LogP) is 2.12. The number of rotatable bonds is 0. The summed E-state index contributed by atoms with van der Waals surface area (Å²) in [5.74, 6) is 0.901. The molecule has 8 atom stereocenters. The van der Waals surface area contributed by atoms with Gasteiger partial charge < -0.3 is 15.7 Å². The van der Waals surface area contributed by atoms with Crippen LogP contribution in [-0.2, 0) is 4.74 Å². The van der Waals surface area contributed by atoms with E-state index in [0.717, 1.165) is 25.7 Å². The Morgan fingerprint density at radius 1 is 0.750 bits per heavy atom. The van der Waals surface area contributed by atoms with Crippen molar-refractivity contribution in [1.82, 2.24) is 0 Å². The van der Waals surface area contributed by atoms with Crippen molar-refractivity contribution < 1.29 is 24.5 Å². The Morgan fingerprint density at radius 3 is 1.95 bits per heavy atom. The summed E-state index contributed by atoms with van der Waals surface area (Å²) in [6.45, 7) is 4.40. The molecule has 5 heteroatoms. The van der Waals surface area contributed by atoms with Gasteiger partial charge in [0.25, 0.3) is 0 Å². The molecular weight excluding hydrogens is 266 g/mol. The number of halogens is 2. The van der Waals surface area contributed by atoms with Gasteiger partial charge in [-0.25, -0.2) is 8.78 Å². The topological polar surface area (TPSA) is 72.2 Å². The highest BCUT2D eigenvalue weighted by Crippen LogP contribution is 2.49. The lowest BCUT2D eigenvalue weighted by atomic mass is 9.61. The average Bonchev–Trinajstić information content (AvgIpc) is 2.38. The fourth-order valence-electron chi connectivity index (χ4n) is 4.47. The summed E-state index contributed by atoms with van der Waals surface area (Å²) in [7, 11) is 0. The van der Waals surface area contributed by atoms with E-state index in [9.17, 15) is 8.78 Å². The smallest absolute Gasteiger partial charge is 0.129 e. The van der Waals surface area contributed by atoms with Crippen LogP contribution in [0.25, 0.3) is 0 Å². The number of alkyl halides is 2. The Hall–Kier alpha value is -0.260. The van der Waals surface area contributed by atoms with Crippen LogP contribution in [-0.4, -0.2) is 36.0 Å². The molecule has 2 saturated carbocycles. The molecule has 0 aromatic carbocycles. The van der Waals surface area contributed by atoms with Crippen molar-refractivity contribution in [3.05, 3.63) is 0 Å². The van der Waals surface area contributed by atoms with Gasteiger partial charge in [0.1, 0.15) is 12.3 Å². The lowest BCUT2D eigenvalue weighted by molar-refractivity contribution is -0.177. The monoisotopic (exact) mass is 294 g/mol. The molecule has 1 saturated heterocycles. The molecule has 3 aliphatic rings. The van der Waals surface area contributed by atoms with Crippen LogP contribution in [0.2, 0.25) is 0 Å². The second-order valence-electron chi connectivity index (χ2n) is 6.79. The molecule has 0 aromatic heterocycles. The Kier molecular flexibility index (Phi) is 5.93. The van der Waals surface area contributed by atoms with Gasteiger partial charge in [-0.1, -0.05) is 13.8 Å². The van der Waals surface area contributed by atoms with Gasteiger partial charge in [0.05, 0.1) is 12.7 Å². The maximum absolute atomic E-state index is 14.3. The van der Waals surface area contributed by atoms with E-state index in [1.165, 1.54) is 0 Å². The molecule has 3 nitrogen and oxygen atoms in total. The van der Waals surface area contributed by atoms with Crippen molar-refractivity contribution in [2.45, 2.75) is 58.0 Å². The molecule has 20 heavy (non-hydrogen) atoms. The minimum absolute atomic E-state index is 0. The fourth-order valence-corrected chi connectivity index (χ4v) is 4.47. The van der Waals surface area contributed by atoms with Crippen molar-refractivity contribution in [2.75, 3.05) is 6.61 Å². The summed E-state index contributed by atoms with van der Waals surface area (Å²) in [6.07, 6.45) is 2.13. The third-order valence-electron chi connectivity index (χ3n) is 5.72. The van der Waals surface area contributed by atoms with Crippen molar-refractivity contribution >= 4 is 0 Å². The Balaban J connectivity index is 0.000001000. The molecule has 3 rings (SSSR count). The molecule has 4 N–H and O–H groups in total. The molecule has 3 fully saturated rings.